The number of thiocarbonyl (C=S) groups is 1. The van der Waals surface area contributed by atoms with Gasteiger partial charge in [0.05, 0.1) is 12.4 Å². The predicted octanol–water partition coefficient (Wildman–Crippen LogP) is 1.83. The van der Waals surface area contributed by atoms with Gasteiger partial charge in [-0.1, -0.05) is 18.3 Å². The minimum atomic E-state index is 0.266. The van der Waals surface area contributed by atoms with E-state index in [0.717, 1.165) is 18.8 Å². The first kappa shape index (κ1) is 11.9. The van der Waals surface area contributed by atoms with Crippen LogP contribution in [-0.4, -0.2) is 21.5 Å². The second kappa shape index (κ2) is 5.70. The highest BCUT2D eigenvalue weighted by Gasteiger charge is 1.99. The summed E-state index contributed by atoms with van der Waals surface area (Å²) in [7, 11) is 0. The van der Waals surface area contributed by atoms with Crippen LogP contribution < -0.4 is 11.1 Å². The van der Waals surface area contributed by atoms with Gasteiger partial charge in [0.1, 0.15) is 16.5 Å². The Bertz CT molecular complexity index is 479. The van der Waals surface area contributed by atoms with E-state index in [0.29, 0.717) is 5.69 Å². The van der Waals surface area contributed by atoms with E-state index in [1.54, 1.807) is 23.7 Å². The maximum atomic E-state index is 5.44. The number of aromatic nitrogens is 2. The van der Waals surface area contributed by atoms with Crippen molar-refractivity contribution in [2.75, 3.05) is 11.9 Å². The lowest BCUT2D eigenvalue weighted by atomic mass is 10.3. The van der Waals surface area contributed by atoms with Crippen LogP contribution in [0.15, 0.2) is 29.9 Å². The topological polar surface area (TPSA) is 63.8 Å². The highest BCUT2D eigenvalue weighted by atomic mass is 32.1. The number of anilines is 1. The zero-order chi connectivity index (χ0) is 12.1. The van der Waals surface area contributed by atoms with Crippen LogP contribution in [0.4, 0.5) is 5.82 Å². The molecule has 0 saturated heterocycles. The molecule has 0 radical (unpaired) electrons. The van der Waals surface area contributed by atoms with Crippen LogP contribution in [-0.2, 0) is 6.42 Å². The van der Waals surface area contributed by atoms with E-state index >= 15 is 0 Å². The molecule has 88 valence electrons. The Kier molecular flexibility index (Phi) is 4.00. The van der Waals surface area contributed by atoms with Crippen molar-refractivity contribution in [2.45, 2.75) is 6.42 Å². The molecule has 4 nitrogen and oxygen atoms in total. The number of nitrogens with two attached hydrogens (primary N) is 1. The molecule has 6 heteroatoms. The van der Waals surface area contributed by atoms with Crippen molar-refractivity contribution in [2.24, 2.45) is 5.73 Å². The Balaban J connectivity index is 1.85. The third kappa shape index (κ3) is 3.47. The number of nitrogens with zero attached hydrogens (tertiary/aromatic N) is 2. The van der Waals surface area contributed by atoms with Crippen molar-refractivity contribution in [3.8, 4) is 0 Å². The number of hydrogen-bond donors (Lipinski definition) is 2. The Labute approximate surface area is 109 Å². The van der Waals surface area contributed by atoms with Crippen LogP contribution in [0.2, 0.25) is 0 Å². The molecule has 0 saturated carbocycles. The van der Waals surface area contributed by atoms with E-state index in [4.69, 9.17) is 18.0 Å². The summed E-state index contributed by atoms with van der Waals surface area (Å²) < 4.78 is 0. The fourth-order valence-electron chi connectivity index (χ4n) is 1.32. The summed E-state index contributed by atoms with van der Waals surface area (Å²) in [6.45, 7) is 0.835. The lowest BCUT2D eigenvalue weighted by Gasteiger charge is -2.04. The molecule has 2 aromatic rings. The summed E-state index contributed by atoms with van der Waals surface area (Å²) >= 11 is 6.56. The summed E-state index contributed by atoms with van der Waals surface area (Å²) in [5, 5.41) is 5.27. The van der Waals surface area contributed by atoms with E-state index in [9.17, 15) is 0 Å². The Hall–Kier alpha value is -1.53. The molecule has 0 fully saturated rings. The first-order valence-electron chi connectivity index (χ1n) is 5.14. The van der Waals surface area contributed by atoms with E-state index in [2.05, 4.69) is 32.8 Å². The fraction of sp³-hybridized carbons (Fsp3) is 0.182. The van der Waals surface area contributed by atoms with Crippen molar-refractivity contribution in [3.05, 3.63) is 40.5 Å². The normalized spacial score (nSPS) is 10.1. The lowest BCUT2D eigenvalue weighted by Crippen LogP contribution is -2.13. The van der Waals surface area contributed by atoms with Crippen LogP contribution in [0.25, 0.3) is 0 Å². The number of thiophene rings is 1. The third-order valence-electron chi connectivity index (χ3n) is 2.16. The molecule has 0 aliphatic rings. The second-order valence-electron chi connectivity index (χ2n) is 3.41. The molecule has 17 heavy (non-hydrogen) atoms. The average Bonchev–Trinajstić information content (AvgIpc) is 2.83. The fourth-order valence-corrected chi connectivity index (χ4v) is 2.13. The second-order valence-corrected chi connectivity index (χ2v) is 4.88. The number of nitrogens with one attached hydrogen (secondary N) is 1. The molecule has 0 aliphatic heterocycles. The average molecular weight is 264 g/mol. The SMILES string of the molecule is NC(=S)c1cnc(NCCc2cccs2)cn1. The maximum Gasteiger partial charge on any atom is 0.144 e. The van der Waals surface area contributed by atoms with E-state index in [-0.39, 0.29) is 4.99 Å². The van der Waals surface area contributed by atoms with Gasteiger partial charge in [-0.2, -0.15) is 0 Å². The summed E-state index contributed by atoms with van der Waals surface area (Å²) in [6, 6.07) is 4.17. The largest absolute Gasteiger partial charge is 0.388 e. The molecule has 0 atom stereocenters. The third-order valence-corrected chi connectivity index (χ3v) is 3.31. The van der Waals surface area contributed by atoms with Crippen LogP contribution in [0.1, 0.15) is 10.6 Å². The molecule has 0 bridgehead atoms. The number of rotatable bonds is 5. The molecular weight excluding hydrogens is 252 g/mol. The van der Waals surface area contributed by atoms with Crippen LogP contribution in [0, 0.1) is 0 Å². The molecule has 0 aliphatic carbocycles. The van der Waals surface area contributed by atoms with Crippen molar-refractivity contribution < 1.29 is 0 Å². The standard InChI is InChI=1S/C11H12N4S2/c12-11(16)9-6-15-10(7-14-9)13-4-3-8-2-1-5-17-8/h1-2,5-7H,3-4H2,(H2,12,16)(H,13,15). The van der Waals surface area contributed by atoms with E-state index in [1.807, 2.05) is 0 Å². The molecular formula is C11H12N4S2. The molecule has 0 unspecified atom stereocenters. The van der Waals surface area contributed by atoms with Crippen LogP contribution in [0.5, 0.6) is 0 Å². The molecule has 2 rings (SSSR count). The van der Waals surface area contributed by atoms with Gasteiger partial charge >= 0.3 is 0 Å². The maximum absolute atomic E-state index is 5.44. The molecule has 0 spiro atoms. The monoisotopic (exact) mass is 264 g/mol. The van der Waals surface area contributed by atoms with E-state index in [1.165, 1.54) is 4.88 Å². The van der Waals surface area contributed by atoms with Gasteiger partial charge in [-0.05, 0) is 17.9 Å². The van der Waals surface area contributed by atoms with E-state index < -0.39 is 0 Å². The Morgan fingerprint density at radius 3 is 2.88 bits per heavy atom. The number of hydrogen-bond acceptors (Lipinski definition) is 5. The van der Waals surface area contributed by atoms with Crippen molar-refractivity contribution in [1.82, 2.24) is 9.97 Å². The first-order chi connectivity index (χ1) is 8.25. The summed E-state index contributed by atoms with van der Waals surface area (Å²) in [5.74, 6) is 0.738. The molecule has 2 aromatic heterocycles. The van der Waals surface area contributed by atoms with Crippen molar-refractivity contribution in [3.63, 3.8) is 0 Å². The highest BCUT2D eigenvalue weighted by molar-refractivity contribution is 7.80. The summed E-state index contributed by atoms with van der Waals surface area (Å²) in [5.41, 5.74) is 5.98. The minimum Gasteiger partial charge on any atom is -0.388 e. The Morgan fingerprint density at radius 2 is 2.29 bits per heavy atom. The molecule has 0 amide bonds. The van der Waals surface area contributed by atoms with Crippen LogP contribution in [0.3, 0.4) is 0 Å². The van der Waals surface area contributed by atoms with Gasteiger partial charge in [-0.25, -0.2) is 9.97 Å². The first-order valence-corrected chi connectivity index (χ1v) is 6.42. The molecule has 3 N–H and O–H groups in total. The quantitative estimate of drug-likeness (QED) is 0.807. The zero-order valence-electron chi connectivity index (χ0n) is 9.09. The summed E-state index contributed by atoms with van der Waals surface area (Å²) in [6.07, 6.45) is 4.20. The Morgan fingerprint density at radius 1 is 1.41 bits per heavy atom. The van der Waals surface area contributed by atoms with Gasteiger partial charge in [0.15, 0.2) is 0 Å². The van der Waals surface area contributed by atoms with Crippen LogP contribution >= 0.6 is 23.6 Å². The van der Waals surface area contributed by atoms with Gasteiger partial charge in [0, 0.05) is 11.4 Å². The minimum absolute atomic E-state index is 0.266. The highest BCUT2D eigenvalue weighted by Crippen LogP contribution is 2.09. The molecule has 2 heterocycles. The van der Waals surface area contributed by atoms with Gasteiger partial charge < -0.3 is 11.1 Å². The molecule has 0 aromatic carbocycles. The summed E-state index contributed by atoms with van der Waals surface area (Å²) in [4.78, 5) is 9.90. The van der Waals surface area contributed by atoms with Crippen molar-refractivity contribution in [1.29, 1.82) is 0 Å². The van der Waals surface area contributed by atoms with Crippen molar-refractivity contribution >= 4 is 34.4 Å². The zero-order valence-corrected chi connectivity index (χ0v) is 10.7. The smallest absolute Gasteiger partial charge is 0.144 e. The lowest BCUT2D eigenvalue weighted by molar-refractivity contribution is 1.02. The predicted molar refractivity (Wildman–Crippen MR) is 74.4 cm³/mol. The van der Waals surface area contributed by atoms with Gasteiger partial charge in [-0.3, -0.25) is 0 Å². The van der Waals surface area contributed by atoms with Gasteiger partial charge in [-0.15, -0.1) is 11.3 Å². The van der Waals surface area contributed by atoms with Gasteiger partial charge in [0.2, 0.25) is 0 Å². The van der Waals surface area contributed by atoms with Gasteiger partial charge in [0.25, 0.3) is 0 Å².